The van der Waals surface area contributed by atoms with E-state index in [0.29, 0.717) is 6.04 Å². The normalized spacial score (nSPS) is 22.7. The quantitative estimate of drug-likeness (QED) is 0.920. The molecular formula is C17H26N2O2. The number of nitrogens with zero attached hydrogens (tertiary/aromatic N) is 1. The second-order valence-corrected chi connectivity index (χ2v) is 6.07. The van der Waals surface area contributed by atoms with Crippen LogP contribution < -0.4 is 10.1 Å². The molecule has 3 rings (SSSR count). The summed E-state index contributed by atoms with van der Waals surface area (Å²) in [5, 5.41) is 3.71. The largest absolute Gasteiger partial charge is 0.493 e. The molecule has 1 unspecified atom stereocenters. The first-order chi connectivity index (χ1) is 10.2. The predicted molar refractivity (Wildman–Crippen MR) is 84.0 cm³/mol. The van der Waals surface area contributed by atoms with Crippen molar-refractivity contribution in [2.24, 2.45) is 0 Å². The van der Waals surface area contributed by atoms with E-state index in [1.165, 1.54) is 16.7 Å². The number of nitrogens with one attached hydrogen (secondary N) is 1. The zero-order chi connectivity index (χ0) is 14.7. The Hall–Kier alpha value is -1.10. The number of benzene rings is 1. The van der Waals surface area contributed by atoms with E-state index in [2.05, 4.69) is 36.2 Å². The fourth-order valence-corrected chi connectivity index (χ4v) is 3.09. The first kappa shape index (κ1) is 14.8. The molecule has 1 aromatic rings. The third-order valence-electron chi connectivity index (χ3n) is 4.59. The SMILES string of the molecule is Cc1cc2c(cc1C)C(NCCN1CCOCC1)CCO2. The molecule has 0 saturated carbocycles. The van der Waals surface area contributed by atoms with Gasteiger partial charge in [-0.3, -0.25) is 4.90 Å². The summed E-state index contributed by atoms with van der Waals surface area (Å²) >= 11 is 0. The summed E-state index contributed by atoms with van der Waals surface area (Å²) in [6.07, 6.45) is 1.05. The predicted octanol–water partition coefficient (Wildman–Crippen LogP) is 2.05. The van der Waals surface area contributed by atoms with Crippen molar-refractivity contribution in [2.45, 2.75) is 26.3 Å². The van der Waals surface area contributed by atoms with Crippen molar-refractivity contribution in [1.82, 2.24) is 10.2 Å². The van der Waals surface area contributed by atoms with Crippen LogP contribution in [0.15, 0.2) is 12.1 Å². The van der Waals surface area contributed by atoms with Crippen LogP contribution in [0.3, 0.4) is 0 Å². The minimum atomic E-state index is 0.425. The van der Waals surface area contributed by atoms with Gasteiger partial charge in [0, 0.05) is 44.2 Å². The summed E-state index contributed by atoms with van der Waals surface area (Å²) in [5.74, 6) is 1.06. The molecule has 0 spiro atoms. The Morgan fingerprint density at radius 1 is 1.14 bits per heavy atom. The summed E-state index contributed by atoms with van der Waals surface area (Å²) in [4.78, 5) is 2.47. The minimum Gasteiger partial charge on any atom is -0.493 e. The Kier molecular flexibility index (Phi) is 4.78. The third-order valence-corrected chi connectivity index (χ3v) is 4.59. The van der Waals surface area contributed by atoms with Crippen LogP contribution in [0, 0.1) is 13.8 Å². The van der Waals surface area contributed by atoms with Gasteiger partial charge in [-0.15, -0.1) is 0 Å². The Bertz CT molecular complexity index is 484. The molecule has 0 radical (unpaired) electrons. The Labute approximate surface area is 127 Å². The molecule has 2 heterocycles. The van der Waals surface area contributed by atoms with Crippen LogP contribution in [0.2, 0.25) is 0 Å². The summed E-state index contributed by atoms with van der Waals surface area (Å²) in [6, 6.07) is 4.89. The van der Waals surface area contributed by atoms with E-state index >= 15 is 0 Å². The molecule has 21 heavy (non-hydrogen) atoms. The zero-order valence-corrected chi connectivity index (χ0v) is 13.2. The van der Waals surface area contributed by atoms with Gasteiger partial charge in [-0.2, -0.15) is 0 Å². The maximum absolute atomic E-state index is 5.82. The highest BCUT2D eigenvalue weighted by molar-refractivity contribution is 5.44. The van der Waals surface area contributed by atoms with Gasteiger partial charge in [-0.25, -0.2) is 0 Å². The maximum Gasteiger partial charge on any atom is 0.124 e. The van der Waals surface area contributed by atoms with Crippen molar-refractivity contribution in [3.05, 3.63) is 28.8 Å². The molecule has 0 aliphatic carbocycles. The number of morpholine rings is 1. The highest BCUT2D eigenvalue weighted by Crippen LogP contribution is 2.34. The molecule has 2 aliphatic heterocycles. The standard InChI is InChI=1S/C17H26N2O2/c1-13-11-15-16(3-8-21-17(15)12-14(13)2)18-4-5-19-6-9-20-10-7-19/h11-12,16,18H,3-10H2,1-2H3. The molecule has 1 N–H and O–H groups in total. The average Bonchev–Trinajstić information content (AvgIpc) is 2.50. The first-order valence-electron chi connectivity index (χ1n) is 8.01. The lowest BCUT2D eigenvalue weighted by Gasteiger charge is -2.30. The summed E-state index contributed by atoms with van der Waals surface area (Å²) < 4.78 is 11.2. The van der Waals surface area contributed by atoms with E-state index in [0.717, 1.165) is 58.2 Å². The summed E-state index contributed by atoms with van der Waals surface area (Å²) in [6.45, 7) is 11.1. The van der Waals surface area contributed by atoms with Crippen molar-refractivity contribution >= 4 is 0 Å². The monoisotopic (exact) mass is 290 g/mol. The number of hydrogen-bond donors (Lipinski definition) is 1. The van der Waals surface area contributed by atoms with E-state index in [1.54, 1.807) is 0 Å². The van der Waals surface area contributed by atoms with Gasteiger partial charge in [-0.05, 0) is 31.0 Å². The van der Waals surface area contributed by atoms with Gasteiger partial charge in [0.25, 0.3) is 0 Å². The van der Waals surface area contributed by atoms with Gasteiger partial charge in [-0.1, -0.05) is 6.07 Å². The van der Waals surface area contributed by atoms with Gasteiger partial charge in [0.1, 0.15) is 5.75 Å². The molecule has 0 amide bonds. The van der Waals surface area contributed by atoms with Crippen molar-refractivity contribution in [3.8, 4) is 5.75 Å². The molecule has 116 valence electrons. The maximum atomic E-state index is 5.82. The van der Waals surface area contributed by atoms with Crippen molar-refractivity contribution in [2.75, 3.05) is 46.0 Å². The first-order valence-corrected chi connectivity index (χ1v) is 8.01. The second kappa shape index (κ2) is 6.77. The number of rotatable bonds is 4. The Balaban J connectivity index is 1.58. The fourth-order valence-electron chi connectivity index (χ4n) is 3.09. The van der Waals surface area contributed by atoms with E-state index in [9.17, 15) is 0 Å². The van der Waals surface area contributed by atoms with Crippen LogP contribution in [0.1, 0.15) is 29.2 Å². The number of ether oxygens (including phenoxy) is 2. The molecule has 4 nitrogen and oxygen atoms in total. The smallest absolute Gasteiger partial charge is 0.124 e. The van der Waals surface area contributed by atoms with Crippen LogP contribution in [0.5, 0.6) is 5.75 Å². The highest BCUT2D eigenvalue weighted by Gasteiger charge is 2.22. The molecule has 1 atom stereocenters. The van der Waals surface area contributed by atoms with Crippen molar-refractivity contribution in [1.29, 1.82) is 0 Å². The van der Waals surface area contributed by atoms with E-state index in [-0.39, 0.29) is 0 Å². The number of hydrogen-bond acceptors (Lipinski definition) is 4. The van der Waals surface area contributed by atoms with Crippen LogP contribution in [0.25, 0.3) is 0 Å². The second-order valence-electron chi connectivity index (χ2n) is 6.07. The lowest BCUT2D eigenvalue weighted by molar-refractivity contribution is 0.0379. The average molecular weight is 290 g/mol. The molecule has 1 saturated heterocycles. The summed E-state index contributed by atoms with van der Waals surface area (Å²) in [7, 11) is 0. The Morgan fingerprint density at radius 3 is 2.71 bits per heavy atom. The van der Waals surface area contributed by atoms with Gasteiger partial charge >= 0.3 is 0 Å². The molecule has 2 aliphatic rings. The minimum absolute atomic E-state index is 0.425. The Morgan fingerprint density at radius 2 is 1.90 bits per heavy atom. The lowest BCUT2D eigenvalue weighted by Crippen LogP contribution is -2.41. The van der Waals surface area contributed by atoms with Gasteiger partial charge in [0.05, 0.1) is 19.8 Å². The van der Waals surface area contributed by atoms with Gasteiger partial charge in [0.15, 0.2) is 0 Å². The van der Waals surface area contributed by atoms with E-state index in [1.807, 2.05) is 0 Å². The van der Waals surface area contributed by atoms with Crippen molar-refractivity contribution < 1.29 is 9.47 Å². The van der Waals surface area contributed by atoms with E-state index < -0.39 is 0 Å². The van der Waals surface area contributed by atoms with Crippen molar-refractivity contribution in [3.63, 3.8) is 0 Å². The van der Waals surface area contributed by atoms with Crippen LogP contribution in [-0.2, 0) is 4.74 Å². The lowest BCUT2D eigenvalue weighted by atomic mass is 9.96. The number of aryl methyl sites for hydroxylation is 2. The topological polar surface area (TPSA) is 33.7 Å². The third kappa shape index (κ3) is 3.57. The van der Waals surface area contributed by atoms with Gasteiger partial charge in [0.2, 0.25) is 0 Å². The molecule has 0 aromatic heterocycles. The van der Waals surface area contributed by atoms with Crippen LogP contribution in [0.4, 0.5) is 0 Å². The van der Waals surface area contributed by atoms with Crippen LogP contribution in [-0.4, -0.2) is 50.9 Å². The zero-order valence-electron chi connectivity index (χ0n) is 13.2. The van der Waals surface area contributed by atoms with Gasteiger partial charge < -0.3 is 14.8 Å². The molecule has 1 fully saturated rings. The van der Waals surface area contributed by atoms with Crippen LogP contribution >= 0.6 is 0 Å². The molecule has 0 bridgehead atoms. The fraction of sp³-hybridized carbons (Fsp3) is 0.647. The molecule has 4 heteroatoms. The highest BCUT2D eigenvalue weighted by atomic mass is 16.5. The number of fused-ring (bicyclic) bond motifs is 1. The van der Waals surface area contributed by atoms with E-state index in [4.69, 9.17) is 9.47 Å². The summed E-state index contributed by atoms with van der Waals surface area (Å²) in [5.41, 5.74) is 3.98. The molecular weight excluding hydrogens is 264 g/mol. The molecule has 1 aromatic carbocycles.